The molecule has 1 rings (SSSR count). The Morgan fingerprint density at radius 2 is 1.88 bits per heavy atom. The Morgan fingerprint density at radius 1 is 1.18 bits per heavy atom. The first-order chi connectivity index (χ1) is 8.02. The lowest BCUT2D eigenvalue weighted by Crippen LogP contribution is -2.18. The van der Waals surface area contributed by atoms with Crippen molar-refractivity contribution in [2.75, 3.05) is 11.9 Å². The molecule has 0 saturated carbocycles. The van der Waals surface area contributed by atoms with Gasteiger partial charge >= 0.3 is 6.01 Å². The summed E-state index contributed by atoms with van der Waals surface area (Å²) in [6.45, 7) is 11.5. The van der Waals surface area contributed by atoms with Crippen LogP contribution in [0.15, 0.2) is 4.42 Å². The highest BCUT2D eigenvalue weighted by atomic mass is 16.4. The number of aromatic nitrogens is 2. The first kappa shape index (κ1) is 14.0. The molecule has 5 nitrogen and oxygen atoms in total. The van der Waals surface area contributed by atoms with Crippen LogP contribution in [0.25, 0.3) is 0 Å². The molecule has 0 aliphatic rings. The average Bonchev–Trinajstić information content (AvgIpc) is 2.65. The predicted octanol–water partition coefficient (Wildman–Crippen LogP) is 2.59. The molecule has 98 valence electrons. The molecular formula is C12H24N4O. The van der Waals surface area contributed by atoms with Crippen molar-refractivity contribution in [3.05, 3.63) is 5.89 Å². The molecule has 1 heterocycles. The summed E-state index contributed by atoms with van der Waals surface area (Å²) in [6.07, 6.45) is 1.08. The summed E-state index contributed by atoms with van der Waals surface area (Å²) in [6, 6.07) is 0.957. The normalized spacial score (nSPS) is 14.9. The molecule has 17 heavy (non-hydrogen) atoms. The molecule has 5 heteroatoms. The average molecular weight is 240 g/mol. The number of hydrogen-bond donors (Lipinski definition) is 2. The number of anilines is 1. The van der Waals surface area contributed by atoms with Crippen molar-refractivity contribution in [2.45, 2.75) is 53.1 Å². The molecule has 0 fully saturated rings. The van der Waals surface area contributed by atoms with Crippen molar-refractivity contribution in [3.8, 4) is 0 Å². The highest BCUT2D eigenvalue weighted by Crippen LogP contribution is 2.15. The zero-order valence-corrected chi connectivity index (χ0v) is 11.4. The zero-order valence-electron chi connectivity index (χ0n) is 11.4. The summed E-state index contributed by atoms with van der Waals surface area (Å²) in [5, 5.41) is 14.5. The van der Waals surface area contributed by atoms with E-state index in [-0.39, 0.29) is 6.04 Å². The fraction of sp³-hybridized carbons (Fsp3) is 0.833. The first-order valence-corrected chi connectivity index (χ1v) is 6.36. The fourth-order valence-electron chi connectivity index (χ4n) is 1.84. The Hall–Kier alpha value is -1.10. The zero-order chi connectivity index (χ0) is 12.8. The topological polar surface area (TPSA) is 63.0 Å². The van der Waals surface area contributed by atoms with Crippen LogP contribution in [0.2, 0.25) is 0 Å². The first-order valence-electron chi connectivity index (χ1n) is 6.36. The van der Waals surface area contributed by atoms with Crippen molar-refractivity contribution in [1.82, 2.24) is 15.5 Å². The van der Waals surface area contributed by atoms with E-state index in [0.717, 1.165) is 13.0 Å². The van der Waals surface area contributed by atoms with Crippen molar-refractivity contribution < 1.29 is 4.42 Å². The molecule has 0 aliphatic carbocycles. The Balaban J connectivity index is 2.50. The van der Waals surface area contributed by atoms with E-state index in [1.807, 2.05) is 6.92 Å². The molecule has 0 spiro atoms. The number of nitrogens with one attached hydrogen (secondary N) is 2. The van der Waals surface area contributed by atoms with Crippen molar-refractivity contribution in [1.29, 1.82) is 0 Å². The van der Waals surface area contributed by atoms with Gasteiger partial charge in [-0.15, -0.1) is 5.10 Å². The standard InChI is InChI=1S/C12H24N4O/c1-6-13-10(5)11-15-16-12(17-11)14-9(4)7-8(2)3/h8-10,13H,6-7H2,1-5H3,(H,14,16). The van der Waals surface area contributed by atoms with Crippen molar-refractivity contribution in [3.63, 3.8) is 0 Å². The molecule has 0 amide bonds. The van der Waals surface area contributed by atoms with Crippen molar-refractivity contribution >= 4 is 6.01 Å². The molecule has 0 aromatic carbocycles. The highest BCUT2D eigenvalue weighted by Gasteiger charge is 2.14. The molecule has 2 atom stereocenters. The molecule has 2 N–H and O–H groups in total. The van der Waals surface area contributed by atoms with Gasteiger partial charge in [0.05, 0.1) is 6.04 Å². The number of hydrogen-bond acceptors (Lipinski definition) is 5. The Morgan fingerprint density at radius 3 is 2.47 bits per heavy atom. The van der Waals surface area contributed by atoms with E-state index in [4.69, 9.17) is 4.42 Å². The third-order valence-corrected chi connectivity index (χ3v) is 2.52. The van der Waals surface area contributed by atoms with E-state index in [2.05, 4.69) is 48.5 Å². The molecule has 1 aromatic heterocycles. The second-order valence-corrected chi connectivity index (χ2v) is 4.90. The lowest BCUT2D eigenvalue weighted by atomic mass is 10.1. The van der Waals surface area contributed by atoms with Gasteiger partial charge < -0.3 is 15.1 Å². The van der Waals surface area contributed by atoms with Crippen LogP contribution >= 0.6 is 0 Å². The van der Waals surface area contributed by atoms with E-state index in [1.165, 1.54) is 0 Å². The second kappa shape index (κ2) is 6.59. The Bertz CT molecular complexity index is 324. The molecule has 0 saturated heterocycles. The lowest BCUT2D eigenvalue weighted by Gasteiger charge is -2.13. The van der Waals surface area contributed by atoms with E-state index < -0.39 is 0 Å². The van der Waals surface area contributed by atoms with Gasteiger partial charge in [-0.1, -0.05) is 25.9 Å². The van der Waals surface area contributed by atoms with Gasteiger partial charge in [-0.2, -0.15) is 0 Å². The van der Waals surface area contributed by atoms with E-state index >= 15 is 0 Å². The maximum Gasteiger partial charge on any atom is 0.315 e. The van der Waals surface area contributed by atoms with Crippen LogP contribution < -0.4 is 10.6 Å². The quantitative estimate of drug-likeness (QED) is 0.767. The number of nitrogens with zero attached hydrogens (tertiary/aromatic N) is 2. The van der Waals surface area contributed by atoms with Crippen LogP contribution in [0.1, 0.15) is 53.0 Å². The fourth-order valence-corrected chi connectivity index (χ4v) is 1.84. The molecule has 0 radical (unpaired) electrons. The molecule has 0 bridgehead atoms. The smallest absolute Gasteiger partial charge is 0.315 e. The van der Waals surface area contributed by atoms with Crippen LogP contribution in [0.3, 0.4) is 0 Å². The molecule has 0 aliphatic heterocycles. The molecule has 2 unspecified atom stereocenters. The van der Waals surface area contributed by atoms with Crippen LogP contribution in [0.5, 0.6) is 0 Å². The minimum atomic E-state index is 0.100. The van der Waals surface area contributed by atoms with Crippen LogP contribution in [0, 0.1) is 5.92 Å². The summed E-state index contributed by atoms with van der Waals surface area (Å²) in [5.74, 6) is 1.28. The van der Waals surface area contributed by atoms with Gasteiger partial charge in [0.2, 0.25) is 5.89 Å². The third-order valence-electron chi connectivity index (χ3n) is 2.52. The van der Waals surface area contributed by atoms with Gasteiger partial charge in [-0.25, -0.2) is 0 Å². The summed E-state index contributed by atoms with van der Waals surface area (Å²) in [5.41, 5.74) is 0. The van der Waals surface area contributed by atoms with E-state index in [9.17, 15) is 0 Å². The molecular weight excluding hydrogens is 216 g/mol. The van der Waals surface area contributed by atoms with E-state index in [0.29, 0.717) is 23.9 Å². The Labute approximate surface area is 103 Å². The SMILES string of the molecule is CCNC(C)c1nnc(NC(C)CC(C)C)o1. The minimum absolute atomic E-state index is 0.100. The van der Waals surface area contributed by atoms with Crippen LogP contribution in [0.4, 0.5) is 6.01 Å². The van der Waals surface area contributed by atoms with Gasteiger partial charge in [0.1, 0.15) is 0 Å². The highest BCUT2D eigenvalue weighted by molar-refractivity contribution is 5.19. The summed E-state index contributed by atoms with van der Waals surface area (Å²) < 4.78 is 5.55. The summed E-state index contributed by atoms with van der Waals surface area (Å²) in [4.78, 5) is 0. The Kier molecular flexibility index (Phi) is 5.41. The summed E-state index contributed by atoms with van der Waals surface area (Å²) >= 11 is 0. The predicted molar refractivity (Wildman–Crippen MR) is 68.9 cm³/mol. The number of rotatable bonds is 7. The largest absolute Gasteiger partial charge is 0.406 e. The summed E-state index contributed by atoms with van der Waals surface area (Å²) in [7, 11) is 0. The maximum absolute atomic E-state index is 5.55. The van der Waals surface area contributed by atoms with E-state index in [1.54, 1.807) is 0 Å². The van der Waals surface area contributed by atoms with Crippen LogP contribution in [-0.4, -0.2) is 22.8 Å². The van der Waals surface area contributed by atoms with Gasteiger partial charge in [0.15, 0.2) is 0 Å². The third kappa shape index (κ3) is 4.73. The van der Waals surface area contributed by atoms with Crippen molar-refractivity contribution in [2.24, 2.45) is 5.92 Å². The van der Waals surface area contributed by atoms with Crippen LogP contribution in [-0.2, 0) is 0 Å². The monoisotopic (exact) mass is 240 g/mol. The minimum Gasteiger partial charge on any atom is -0.406 e. The lowest BCUT2D eigenvalue weighted by molar-refractivity contribution is 0.424. The molecule has 1 aromatic rings. The van der Waals surface area contributed by atoms with Gasteiger partial charge in [-0.05, 0) is 32.7 Å². The maximum atomic E-state index is 5.55. The second-order valence-electron chi connectivity index (χ2n) is 4.90. The van der Waals surface area contributed by atoms with Gasteiger partial charge in [0.25, 0.3) is 0 Å². The van der Waals surface area contributed by atoms with Gasteiger partial charge in [0, 0.05) is 6.04 Å². The van der Waals surface area contributed by atoms with Gasteiger partial charge in [-0.3, -0.25) is 0 Å².